The van der Waals surface area contributed by atoms with Crippen LogP contribution in [-0.4, -0.2) is 134 Å². The zero-order valence-corrected chi connectivity index (χ0v) is 35.8. The molecular formula is C46H50F4N10O5. The van der Waals surface area contributed by atoms with E-state index in [-0.39, 0.29) is 41.5 Å². The van der Waals surface area contributed by atoms with Crippen LogP contribution in [0.25, 0.3) is 0 Å². The van der Waals surface area contributed by atoms with E-state index in [2.05, 4.69) is 30.3 Å². The van der Waals surface area contributed by atoms with Crippen molar-refractivity contribution in [1.29, 1.82) is 5.26 Å². The Morgan fingerprint density at radius 2 is 1.43 bits per heavy atom. The van der Waals surface area contributed by atoms with E-state index in [0.717, 1.165) is 87.9 Å². The van der Waals surface area contributed by atoms with Crippen LogP contribution in [0.1, 0.15) is 70.4 Å². The van der Waals surface area contributed by atoms with Crippen LogP contribution in [0.2, 0.25) is 0 Å². The zero-order valence-electron chi connectivity index (χ0n) is 35.8. The lowest BCUT2D eigenvalue weighted by Gasteiger charge is -2.44. The van der Waals surface area contributed by atoms with Crippen molar-refractivity contribution in [2.24, 2.45) is 17.8 Å². The fraction of sp³-hybridized carbons (Fsp3) is 0.500. The second-order valence-corrected chi connectivity index (χ2v) is 18.1. The molecule has 15 nitrogen and oxygen atoms in total. The Morgan fingerprint density at radius 1 is 0.769 bits per heavy atom. The highest BCUT2D eigenvalue weighted by Gasteiger charge is 2.45. The van der Waals surface area contributed by atoms with E-state index in [9.17, 15) is 37.1 Å². The number of piperidine rings is 3. The maximum absolute atomic E-state index is 15.4. The molecule has 9 rings (SSSR count). The second-order valence-electron chi connectivity index (χ2n) is 18.1. The average molecular weight is 899 g/mol. The van der Waals surface area contributed by atoms with Crippen LogP contribution in [-0.2, 0) is 20.6 Å². The van der Waals surface area contributed by atoms with Crippen LogP contribution in [0.4, 0.5) is 40.4 Å². The number of amides is 5. The van der Waals surface area contributed by atoms with Crippen LogP contribution < -0.4 is 25.3 Å². The van der Waals surface area contributed by atoms with E-state index >= 15 is 4.39 Å². The summed E-state index contributed by atoms with van der Waals surface area (Å²) in [6, 6.07) is 10.5. The van der Waals surface area contributed by atoms with E-state index in [1.165, 1.54) is 18.2 Å². The molecular weight excluding hydrogens is 849 g/mol. The Kier molecular flexibility index (Phi) is 12.2. The van der Waals surface area contributed by atoms with Gasteiger partial charge < -0.3 is 24.9 Å². The number of carbonyl (C=O) groups excluding carboxylic acids is 5. The van der Waals surface area contributed by atoms with Crippen molar-refractivity contribution >= 4 is 52.4 Å². The third kappa shape index (κ3) is 9.23. The summed E-state index contributed by atoms with van der Waals surface area (Å²) in [5, 5.41) is 14.2. The highest BCUT2D eigenvalue weighted by molar-refractivity contribution is 6.23. The molecule has 7 heterocycles. The minimum absolute atomic E-state index is 0.0121. The van der Waals surface area contributed by atoms with Gasteiger partial charge in [-0.1, -0.05) is 0 Å². The highest BCUT2D eigenvalue weighted by Crippen LogP contribution is 2.37. The average Bonchev–Trinajstić information content (AvgIpc) is 3.52. The number of benzene rings is 2. The van der Waals surface area contributed by atoms with Crippen molar-refractivity contribution < 1.29 is 41.5 Å². The SMILES string of the molecule is N#Cc1ccc(N2CCC(C(=O)Nc3ccc(N4CC(CN5CCC(CN6CCN(c7cc8c(cc7F)C(=O)N(C7CCC(=O)NC7=O)C8=O)CC6)CC5)C4)cn3)CC2)cc1C(F)(F)F. The normalized spacial score (nSPS) is 21.9. The van der Waals surface area contributed by atoms with Crippen molar-refractivity contribution in [3.8, 4) is 6.07 Å². The van der Waals surface area contributed by atoms with E-state index in [1.807, 2.05) is 15.9 Å². The van der Waals surface area contributed by atoms with Gasteiger partial charge in [0.25, 0.3) is 11.8 Å². The number of fused-ring (bicyclic) bond motifs is 1. The van der Waals surface area contributed by atoms with Crippen molar-refractivity contribution in [3.05, 3.63) is 76.7 Å². The van der Waals surface area contributed by atoms with Gasteiger partial charge >= 0.3 is 6.18 Å². The number of alkyl halides is 3. The molecule has 0 aliphatic carbocycles. The summed E-state index contributed by atoms with van der Waals surface area (Å²) >= 11 is 0. The van der Waals surface area contributed by atoms with Crippen LogP contribution in [0, 0.1) is 34.9 Å². The van der Waals surface area contributed by atoms with E-state index in [4.69, 9.17) is 5.26 Å². The number of nitrogens with one attached hydrogen (secondary N) is 2. The lowest BCUT2D eigenvalue weighted by Crippen LogP contribution is -2.54. The number of anilines is 4. The maximum Gasteiger partial charge on any atom is 0.417 e. The molecule has 342 valence electrons. The van der Waals surface area contributed by atoms with E-state index in [1.54, 1.807) is 18.3 Å². The Morgan fingerprint density at radius 3 is 2.08 bits per heavy atom. The van der Waals surface area contributed by atoms with Gasteiger partial charge in [0, 0.05) is 89.4 Å². The zero-order chi connectivity index (χ0) is 45.6. The van der Waals surface area contributed by atoms with Crippen molar-refractivity contribution in [1.82, 2.24) is 25.0 Å². The summed E-state index contributed by atoms with van der Waals surface area (Å²) in [4.78, 5) is 79.9. The van der Waals surface area contributed by atoms with Crippen LogP contribution in [0.15, 0.2) is 48.7 Å². The number of carbonyl (C=O) groups is 5. The Hall–Kier alpha value is -6.13. The summed E-state index contributed by atoms with van der Waals surface area (Å²) in [6.07, 6.45) is 0.354. The van der Waals surface area contributed by atoms with Gasteiger partial charge in [0.15, 0.2) is 0 Å². The van der Waals surface area contributed by atoms with Crippen molar-refractivity contribution in [2.75, 3.05) is 98.6 Å². The number of likely N-dealkylation sites (tertiary alicyclic amines) is 1. The Balaban J connectivity index is 0.669. The molecule has 2 aromatic carbocycles. The first-order valence-electron chi connectivity index (χ1n) is 22.4. The smallest absolute Gasteiger partial charge is 0.371 e. The van der Waals surface area contributed by atoms with Gasteiger partial charge in [0.1, 0.15) is 17.7 Å². The van der Waals surface area contributed by atoms with Gasteiger partial charge in [-0.25, -0.2) is 9.37 Å². The molecule has 6 aliphatic rings. The van der Waals surface area contributed by atoms with Crippen LogP contribution in [0.3, 0.4) is 0 Å². The molecule has 5 saturated heterocycles. The van der Waals surface area contributed by atoms with Gasteiger partial charge in [-0.05, 0) is 93.6 Å². The molecule has 19 heteroatoms. The molecule has 6 aliphatic heterocycles. The molecule has 1 unspecified atom stereocenters. The number of imide groups is 2. The summed E-state index contributed by atoms with van der Waals surface area (Å²) in [5.41, 5.74) is 0.275. The molecule has 0 saturated carbocycles. The standard InChI is InChI=1S/C46H50F4N10O5/c47-37-20-34-35(45(65)60(44(34)64)38-4-6-41(61)54-43(38)63)21-39(37)58-17-15-56(16-18-58)24-28-7-11-55(12-8-28)25-29-26-59(27-29)33-3-5-40(52-23-33)53-42(62)30-9-13-57(14-10-30)32-2-1-31(22-51)36(19-32)46(48,49)50/h1-3,5,19-21,23,28-30,38H,4,6-18,24-27H2,(H,52,53,62)(H,54,61,63). The summed E-state index contributed by atoms with van der Waals surface area (Å²) < 4.78 is 55.9. The molecule has 2 N–H and O–H groups in total. The number of piperazine rings is 1. The van der Waals surface area contributed by atoms with E-state index < -0.39 is 52.8 Å². The van der Waals surface area contributed by atoms with Gasteiger partial charge in [0.05, 0.1) is 45.9 Å². The number of rotatable bonds is 10. The van der Waals surface area contributed by atoms with E-state index in [0.29, 0.717) is 62.4 Å². The topological polar surface area (TPSA) is 166 Å². The first-order chi connectivity index (χ1) is 31.2. The summed E-state index contributed by atoms with van der Waals surface area (Å²) in [6.45, 7) is 9.38. The van der Waals surface area contributed by atoms with Crippen LogP contribution in [0.5, 0.6) is 0 Å². The van der Waals surface area contributed by atoms with Crippen molar-refractivity contribution in [2.45, 2.75) is 50.7 Å². The lowest BCUT2D eigenvalue weighted by atomic mass is 9.93. The quantitative estimate of drug-likeness (QED) is 0.219. The molecule has 0 bridgehead atoms. The largest absolute Gasteiger partial charge is 0.417 e. The van der Waals surface area contributed by atoms with Crippen molar-refractivity contribution in [3.63, 3.8) is 0 Å². The number of halogens is 4. The van der Waals surface area contributed by atoms with Crippen LogP contribution >= 0.6 is 0 Å². The summed E-state index contributed by atoms with van der Waals surface area (Å²) in [5.74, 6) is -2.02. The summed E-state index contributed by atoms with van der Waals surface area (Å²) in [7, 11) is 0. The lowest BCUT2D eigenvalue weighted by molar-refractivity contribution is -0.138. The number of pyridine rings is 1. The molecule has 5 amide bonds. The number of nitriles is 1. The molecule has 1 aromatic heterocycles. The third-order valence-corrected chi connectivity index (χ3v) is 13.9. The maximum atomic E-state index is 15.4. The predicted molar refractivity (Wildman–Crippen MR) is 231 cm³/mol. The van der Waals surface area contributed by atoms with Gasteiger partial charge in [-0.15, -0.1) is 0 Å². The Labute approximate surface area is 373 Å². The molecule has 65 heavy (non-hydrogen) atoms. The molecule has 3 aromatic rings. The van der Waals surface area contributed by atoms with Gasteiger partial charge in [0.2, 0.25) is 17.7 Å². The number of aromatic nitrogens is 1. The molecule has 1 atom stereocenters. The van der Waals surface area contributed by atoms with Gasteiger partial charge in [-0.3, -0.25) is 39.1 Å². The Bertz CT molecular complexity index is 2400. The highest BCUT2D eigenvalue weighted by atomic mass is 19.4. The molecule has 0 spiro atoms. The minimum atomic E-state index is -4.63. The van der Waals surface area contributed by atoms with Gasteiger partial charge in [-0.2, -0.15) is 18.4 Å². The fourth-order valence-electron chi connectivity index (χ4n) is 10.2. The third-order valence-electron chi connectivity index (χ3n) is 13.9. The first kappa shape index (κ1) is 44.1. The second kappa shape index (κ2) is 18.0. The predicted octanol–water partition coefficient (Wildman–Crippen LogP) is 4.34. The number of nitrogens with zero attached hydrogens (tertiary/aromatic N) is 8. The fourth-order valence-corrected chi connectivity index (χ4v) is 10.2. The minimum Gasteiger partial charge on any atom is -0.371 e. The first-order valence-corrected chi connectivity index (χ1v) is 22.4. The molecule has 0 radical (unpaired) electrons. The number of hydrogen-bond donors (Lipinski definition) is 2. The molecule has 5 fully saturated rings. The number of hydrogen-bond acceptors (Lipinski definition) is 12. The monoisotopic (exact) mass is 898 g/mol.